The molecular formula is C17H26F3IN4O. The van der Waals surface area contributed by atoms with Crippen molar-refractivity contribution in [2.75, 3.05) is 32.7 Å². The van der Waals surface area contributed by atoms with Gasteiger partial charge in [-0.05, 0) is 37.5 Å². The zero-order chi connectivity index (χ0) is 18.3. The first kappa shape index (κ1) is 22.8. The first-order chi connectivity index (χ1) is 11.9. The number of phenols is 1. The van der Waals surface area contributed by atoms with Crippen LogP contribution in [0.15, 0.2) is 29.3 Å². The average Bonchev–Trinajstić information content (AvgIpc) is 2.92. The minimum atomic E-state index is -4.16. The summed E-state index contributed by atoms with van der Waals surface area (Å²) in [7, 11) is 0. The molecule has 1 fully saturated rings. The summed E-state index contributed by atoms with van der Waals surface area (Å²) in [5, 5.41) is 15.8. The molecule has 1 aromatic rings. The number of nitrogens with zero attached hydrogens (tertiary/aromatic N) is 2. The summed E-state index contributed by atoms with van der Waals surface area (Å²) in [6, 6.07) is 6.97. The molecule has 148 valence electrons. The number of guanidine groups is 1. The predicted octanol–water partition coefficient (Wildman–Crippen LogP) is 2.74. The van der Waals surface area contributed by atoms with Crippen molar-refractivity contribution in [1.29, 1.82) is 0 Å². The van der Waals surface area contributed by atoms with Gasteiger partial charge in [0.1, 0.15) is 5.75 Å². The maximum absolute atomic E-state index is 12.5. The number of benzene rings is 1. The molecule has 0 aromatic heterocycles. The van der Waals surface area contributed by atoms with E-state index < -0.39 is 12.7 Å². The van der Waals surface area contributed by atoms with Crippen LogP contribution >= 0.6 is 24.0 Å². The predicted molar refractivity (Wildman–Crippen MR) is 107 cm³/mol. The molecular weight excluding hydrogens is 460 g/mol. The molecule has 1 unspecified atom stereocenters. The number of alkyl halides is 3. The van der Waals surface area contributed by atoms with E-state index in [1.807, 2.05) is 13.0 Å². The molecule has 1 saturated heterocycles. The summed E-state index contributed by atoms with van der Waals surface area (Å²) in [6.07, 6.45) is -2.82. The van der Waals surface area contributed by atoms with E-state index in [9.17, 15) is 18.3 Å². The number of halogens is 4. The van der Waals surface area contributed by atoms with E-state index in [4.69, 9.17) is 0 Å². The normalized spacial score (nSPS) is 18.5. The Hall–Kier alpha value is -1.23. The molecule has 1 atom stereocenters. The molecule has 9 heteroatoms. The highest BCUT2D eigenvalue weighted by Crippen LogP contribution is 2.19. The van der Waals surface area contributed by atoms with Crippen molar-refractivity contribution in [3.8, 4) is 5.75 Å². The number of aliphatic imine (C=N–C) groups is 1. The molecule has 0 spiro atoms. The van der Waals surface area contributed by atoms with Gasteiger partial charge in [0, 0.05) is 32.2 Å². The van der Waals surface area contributed by atoms with Gasteiger partial charge in [-0.15, -0.1) is 24.0 Å². The van der Waals surface area contributed by atoms with E-state index in [1.54, 1.807) is 18.2 Å². The first-order valence-electron chi connectivity index (χ1n) is 8.47. The number of aromatic hydroxyl groups is 1. The Kier molecular flexibility index (Phi) is 9.48. The van der Waals surface area contributed by atoms with E-state index in [2.05, 4.69) is 15.6 Å². The number of likely N-dealkylation sites (tertiary alicyclic amines) is 1. The highest BCUT2D eigenvalue weighted by atomic mass is 127. The number of phenolic OH excluding ortho intramolecular Hbond substituents is 1. The highest BCUT2D eigenvalue weighted by Gasteiger charge is 2.34. The van der Waals surface area contributed by atoms with Crippen molar-refractivity contribution >= 4 is 29.9 Å². The van der Waals surface area contributed by atoms with Crippen LogP contribution in [-0.2, 0) is 6.42 Å². The standard InChI is InChI=1S/C17H25F3N4O.HI/c1-2-21-16(22-8-6-13-4-3-5-15(25)10-13)23-14-7-9-24(11-14)12-17(18,19)20;/h3-5,10,14,25H,2,6-9,11-12H2,1H3,(H2,21,22,23);1H. The van der Waals surface area contributed by atoms with Gasteiger partial charge in [0.15, 0.2) is 5.96 Å². The minimum absolute atomic E-state index is 0. The summed E-state index contributed by atoms with van der Waals surface area (Å²) in [6.45, 7) is 3.07. The van der Waals surface area contributed by atoms with Gasteiger partial charge in [0.25, 0.3) is 0 Å². The zero-order valence-corrected chi connectivity index (χ0v) is 17.1. The number of rotatable bonds is 6. The molecule has 0 radical (unpaired) electrons. The molecule has 0 saturated carbocycles. The van der Waals surface area contributed by atoms with Crippen molar-refractivity contribution in [2.45, 2.75) is 32.0 Å². The summed E-state index contributed by atoms with van der Waals surface area (Å²) in [4.78, 5) is 5.88. The lowest BCUT2D eigenvalue weighted by molar-refractivity contribution is -0.143. The molecule has 2 rings (SSSR count). The summed E-state index contributed by atoms with van der Waals surface area (Å²) in [5.41, 5.74) is 0.983. The topological polar surface area (TPSA) is 59.9 Å². The Balaban J connectivity index is 0.00000338. The summed E-state index contributed by atoms with van der Waals surface area (Å²) in [5.74, 6) is 0.837. The lowest BCUT2D eigenvalue weighted by Crippen LogP contribution is -2.45. The molecule has 1 heterocycles. The van der Waals surface area contributed by atoms with Crippen LogP contribution in [0.4, 0.5) is 13.2 Å². The van der Waals surface area contributed by atoms with Gasteiger partial charge in [-0.1, -0.05) is 12.1 Å². The second-order valence-corrected chi connectivity index (χ2v) is 6.16. The van der Waals surface area contributed by atoms with E-state index in [0.717, 1.165) is 5.56 Å². The number of hydrogen-bond acceptors (Lipinski definition) is 3. The maximum atomic E-state index is 12.5. The molecule has 0 aliphatic carbocycles. The largest absolute Gasteiger partial charge is 0.508 e. The molecule has 5 nitrogen and oxygen atoms in total. The fourth-order valence-electron chi connectivity index (χ4n) is 2.87. The van der Waals surface area contributed by atoms with Gasteiger partial charge >= 0.3 is 6.18 Å². The first-order valence-corrected chi connectivity index (χ1v) is 8.47. The van der Waals surface area contributed by atoms with Crippen LogP contribution in [0.3, 0.4) is 0 Å². The van der Waals surface area contributed by atoms with Gasteiger partial charge in [0.05, 0.1) is 6.54 Å². The van der Waals surface area contributed by atoms with Crippen LogP contribution in [0.25, 0.3) is 0 Å². The van der Waals surface area contributed by atoms with Gasteiger partial charge in [-0.3, -0.25) is 9.89 Å². The molecule has 26 heavy (non-hydrogen) atoms. The second kappa shape index (κ2) is 10.8. The second-order valence-electron chi connectivity index (χ2n) is 6.16. The Labute approximate surface area is 169 Å². The van der Waals surface area contributed by atoms with Crippen molar-refractivity contribution in [2.24, 2.45) is 4.99 Å². The molecule has 1 aromatic carbocycles. The lowest BCUT2D eigenvalue weighted by Gasteiger charge is -2.19. The monoisotopic (exact) mass is 486 g/mol. The van der Waals surface area contributed by atoms with Crippen LogP contribution in [0.5, 0.6) is 5.75 Å². The number of nitrogens with one attached hydrogen (secondary N) is 2. The van der Waals surface area contributed by atoms with Crippen molar-refractivity contribution < 1.29 is 18.3 Å². The molecule has 3 N–H and O–H groups in total. The maximum Gasteiger partial charge on any atom is 0.401 e. The van der Waals surface area contributed by atoms with Crippen molar-refractivity contribution in [1.82, 2.24) is 15.5 Å². The van der Waals surface area contributed by atoms with Gasteiger partial charge in [-0.25, -0.2) is 0 Å². The van der Waals surface area contributed by atoms with Crippen LogP contribution in [0.2, 0.25) is 0 Å². The third kappa shape index (κ3) is 8.43. The quantitative estimate of drug-likeness (QED) is 0.329. The molecule has 1 aliphatic rings. The van der Waals surface area contributed by atoms with Crippen molar-refractivity contribution in [3.05, 3.63) is 29.8 Å². The van der Waals surface area contributed by atoms with E-state index >= 15 is 0 Å². The zero-order valence-electron chi connectivity index (χ0n) is 14.7. The van der Waals surface area contributed by atoms with Crippen molar-refractivity contribution in [3.63, 3.8) is 0 Å². The smallest absolute Gasteiger partial charge is 0.401 e. The van der Waals surface area contributed by atoms with E-state index in [1.165, 1.54) is 4.90 Å². The lowest BCUT2D eigenvalue weighted by atomic mass is 10.1. The van der Waals surface area contributed by atoms with Crippen LogP contribution in [-0.4, -0.2) is 60.9 Å². The third-order valence-corrected chi connectivity index (χ3v) is 3.94. The van der Waals surface area contributed by atoms with Crippen LogP contribution in [0, 0.1) is 0 Å². The molecule has 0 bridgehead atoms. The third-order valence-electron chi connectivity index (χ3n) is 3.94. The summed E-state index contributed by atoms with van der Waals surface area (Å²) < 4.78 is 37.4. The van der Waals surface area contributed by atoms with E-state index in [0.29, 0.717) is 45.0 Å². The number of hydrogen-bond donors (Lipinski definition) is 3. The molecule has 0 amide bonds. The Morgan fingerprint density at radius 2 is 2.15 bits per heavy atom. The van der Waals surface area contributed by atoms with Gasteiger partial charge in [-0.2, -0.15) is 13.2 Å². The van der Waals surface area contributed by atoms with Crippen LogP contribution in [0.1, 0.15) is 18.9 Å². The Bertz CT molecular complexity index is 583. The van der Waals surface area contributed by atoms with E-state index in [-0.39, 0.29) is 35.8 Å². The highest BCUT2D eigenvalue weighted by molar-refractivity contribution is 14.0. The molecule has 1 aliphatic heterocycles. The SMILES string of the molecule is CCNC(=NCCc1cccc(O)c1)NC1CCN(CC(F)(F)F)C1.I. The van der Waals surface area contributed by atoms with Gasteiger partial charge < -0.3 is 15.7 Å². The summed E-state index contributed by atoms with van der Waals surface area (Å²) >= 11 is 0. The Morgan fingerprint density at radius 3 is 2.81 bits per heavy atom. The Morgan fingerprint density at radius 1 is 1.38 bits per heavy atom. The minimum Gasteiger partial charge on any atom is -0.508 e. The van der Waals surface area contributed by atoms with Gasteiger partial charge in [0.2, 0.25) is 0 Å². The fraction of sp³-hybridized carbons (Fsp3) is 0.588. The van der Waals surface area contributed by atoms with Crippen LogP contribution < -0.4 is 10.6 Å². The fourth-order valence-corrected chi connectivity index (χ4v) is 2.87. The average molecular weight is 486 g/mol.